The third-order valence-corrected chi connectivity index (χ3v) is 3.53. The van der Waals surface area contributed by atoms with E-state index >= 15 is 0 Å². The number of imide groups is 1. The maximum atomic E-state index is 12.4. The van der Waals surface area contributed by atoms with Crippen LogP contribution in [0, 0.1) is 11.3 Å². The first kappa shape index (κ1) is 12.4. The lowest BCUT2D eigenvalue weighted by Crippen LogP contribution is -2.40. The van der Waals surface area contributed by atoms with Crippen LogP contribution in [0.5, 0.6) is 0 Å². The molecule has 2 amide bonds. The number of nitriles is 1. The number of hydrogen-bond donors (Lipinski definition) is 0. The number of amides is 2. The minimum atomic E-state index is -0.266. The molecule has 20 heavy (non-hydrogen) atoms. The van der Waals surface area contributed by atoms with Gasteiger partial charge in [-0.2, -0.15) is 5.26 Å². The highest BCUT2D eigenvalue weighted by molar-refractivity contribution is 6.25. The molecule has 0 unspecified atom stereocenters. The molecule has 98 valence electrons. The molecule has 0 aliphatic carbocycles. The second kappa shape index (κ2) is 4.78. The Morgan fingerprint density at radius 1 is 1.00 bits per heavy atom. The van der Waals surface area contributed by atoms with E-state index in [0.29, 0.717) is 24.0 Å². The van der Waals surface area contributed by atoms with Crippen molar-refractivity contribution in [3.63, 3.8) is 0 Å². The Labute approximate surface area is 116 Å². The monoisotopic (exact) mass is 264 g/mol. The van der Waals surface area contributed by atoms with Gasteiger partial charge in [-0.15, -0.1) is 0 Å². The van der Waals surface area contributed by atoms with Gasteiger partial charge < -0.3 is 0 Å². The van der Waals surface area contributed by atoms with E-state index in [9.17, 15) is 9.59 Å². The van der Waals surface area contributed by atoms with Crippen molar-refractivity contribution in [2.24, 2.45) is 0 Å². The van der Waals surface area contributed by atoms with Crippen molar-refractivity contribution in [3.8, 4) is 6.07 Å². The van der Waals surface area contributed by atoms with E-state index in [1.54, 1.807) is 12.1 Å². The molecule has 2 aromatic rings. The minimum Gasteiger partial charge on any atom is -0.274 e. The molecule has 1 aliphatic heterocycles. The van der Waals surface area contributed by atoms with Crippen molar-refractivity contribution in [3.05, 3.63) is 47.5 Å². The molecule has 0 radical (unpaired) electrons. The smallest absolute Gasteiger partial charge is 0.261 e. The van der Waals surface area contributed by atoms with Crippen LogP contribution < -0.4 is 0 Å². The summed E-state index contributed by atoms with van der Waals surface area (Å²) in [6.45, 7) is 0.288. The molecule has 0 fully saturated rings. The van der Waals surface area contributed by atoms with Gasteiger partial charge >= 0.3 is 0 Å². The minimum absolute atomic E-state index is 0.266. The third kappa shape index (κ3) is 1.76. The normalized spacial score (nSPS) is 13.7. The van der Waals surface area contributed by atoms with Gasteiger partial charge in [-0.25, -0.2) is 0 Å². The number of carbonyl (C=O) groups is 2. The zero-order valence-corrected chi connectivity index (χ0v) is 10.8. The van der Waals surface area contributed by atoms with Crippen LogP contribution in [0.15, 0.2) is 36.4 Å². The van der Waals surface area contributed by atoms with Gasteiger partial charge in [0.2, 0.25) is 0 Å². The van der Waals surface area contributed by atoms with Crippen LogP contribution in [0.4, 0.5) is 0 Å². The van der Waals surface area contributed by atoms with Crippen LogP contribution in [0.1, 0.15) is 33.6 Å². The third-order valence-electron chi connectivity index (χ3n) is 3.53. The predicted octanol–water partition coefficient (Wildman–Crippen LogP) is 2.74. The van der Waals surface area contributed by atoms with Gasteiger partial charge in [-0.1, -0.05) is 24.3 Å². The van der Waals surface area contributed by atoms with Crippen LogP contribution in [0.3, 0.4) is 0 Å². The highest BCUT2D eigenvalue weighted by Crippen LogP contribution is 2.29. The first-order chi connectivity index (χ1) is 9.74. The first-order valence-corrected chi connectivity index (χ1v) is 6.49. The van der Waals surface area contributed by atoms with E-state index in [1.807, 2.05) is 30.3 Å². The lowest BCUT2D eigenvalue weighted by molar-refractivity contribution is 0.0609. The lowest BCUT2D eigenvalue weighted by Gasteiger charge is -2.26. The zero-order chi connectivity index (χ0) is 14.1. The SMILES string of the molecule is N#CCCCN1C(=O)c2cccc3cccc(c23)C1=O. The molecule has 0 saturated heterocycles. The summed E-state index contributed by atoms with van der Waals surface area (Å²) in [4.78, 5) is 26.1. The van der Waals surface area contributed by atoms with Crippen molar-refractivity contribution >= 4 is 22.6 Å². The number of unbranched alkanes of at least 4 members (excludes halogenated alkanes) is 1. The highest BCUT2D eigenvalue weighted by Gasteiger charge is 2.31. The van der Waals surface area contributed by atoms with E-state index in [2.05, 4.69) is 0 Å². The number of nitrogens with zero attached hydrogens (tertiary/aromatic N) is 2. The Morgan fingerprint density at radius 3 is 2.15 bits per heavy atom. The topological polar surface area (TPSA) is 61.2 Å². The first-order valence-electron chi connectivity index (χ1n) is 6.49. The Bertz CT molecular complexity index is 708. The molecule has 4 nitrogen and oxygen atoms in total. The molecule has 0 N–H and O–H groups in total. The fourth-order valence-electron chi connectivity index (χ4n) is 2.60. The van der Waals surface area contributed by atoms with Crippen molar-refractivity contribution in [1.82, 2.24) is 4.90 Å². The Morgan fingerprint density at radius 2 is 1.60 bits per heavy atom. The maximum Gasteiger partial charge on any atom is 0.261 e. The zero-order valence-electron chi connectivity index (χ0n) is 10.8. The molecule has 2 aromatic carbocycles. The Hall–Kier alpha value is -2.67. The average Bonchev–Trinajstić information content (AvgIpc) is 2.48. The summed E-state index contributed by atoms with van der Waals surface area (Å²) < 4.78 is 0. The van der Waals surface area contributed by atoms with Crippen LogP contribution in [-0.2, 0) is 0 Å². The largest absolute Gasteiger partial charge is 0.274 e. The van der Waals surface area contributed by atoms with Gasteiger partial charge in [-0.3, -0.25) is 14.5 Å². The molecule has 0 bridgehead atoms. The summed E-state index contributed by atoms with van der Waals surface area (Å²) in [6.07, 6.45) is 0.842. The summed E-state index contributed by atoms with van der Waals surface area (Å²) in [5.74, 6) is -0.533. The van der Waals surface area contributed by atoms with Gasteiger partial charge in [0.05, 0.1) is 6.07 Å². The summed E-state index contributed by atoms with van der Waals surface area (Å²) in [6, 6.07) is 13.0. The van der Waals surface area contributed by atoms with Crippen molar-refractivity contribution in [2.45, 2.75) is 12.8 Å². The second-order valence-corrected chi connectivity index (χ2v) is 4.73. The summed E-state index contributed by atoms with van der Waals surface area (Å²) in [7, 11) is 0. The van der Waals surface area contributed by atoms with E-state index < -0.39 is 0 Å². The van der Waals surface area contributed by atoms with Gasteiger partial charge in [-0.05, 0) is 23.9 Å². The number of rotatable bonds is 3. The average molecular weight is 264 g/mol. The molecular formula is C16H12N2O2. The summed E-state index contributed by atoms with van der Waals surface area (Å²) in [5, 5.41) is 10.2. The molecule has 0 atom stereocenters. The molecule has 1 heterocycles. The standard InChI is InChI=1S/C16H12N2O2/c17-9-1-2-10-18-15(19)12-7-3-5-11-6-4-8-13(14(11)12)16(18)20/h3-8H,1-2,10H2. The second-order valence-electron chi connectivity index (χ2n) is 4.73. The predicted molar refractivity (Wildman–Crippen MR) is 74.2 cm³/mol. The van der Waals surface area contributed by atoms with Crippen LogP contribution in [0.2, 0.25) is 0 Å². The van der Waals surface area contributed by atoms with Crippen LogP contribution in [0.25, 0.3) is 10.8 Å². The van der Waals surface area contributed by atoms with Gasteiger partial charge in [0, 0.05) is 29.5 Å². The van der Waals surface area contributed by atoms with Crippen molar-refractivity contribution < 1.29 is 9.59 Å². The van der Waals surface area contributed by atoms with Crippen LogP contribution >= 0.6 is 0 Å². The van der Waals surface area contributed by atoms with E-state index in [0.717, 1.165) is 10.8 Å². The Kier molecular flexibility index (Phi) is 2.96. The number of hydrogen-bond acceptors (Lipinski definition) is 3. The summed E-state index contributed by atoms with van der Waals surface area (Å²) >= 11 is 0. The van der Waals surface area contributed by atoms with Crippen molar-refractivity contribution in [2.75, 3.05) is 6.54 Å². The molecule has 0 aromatic heterocycles. The fraction of sp³-hybridized carbons (Fsp3) is 0.188. The molecule has 1 aliphatic rings. The maximum absolute atomic E-state index is 12.4. The van der Waals surface area contributed by atoms with Gasteiger partial charge in [0.15, 0.2) is 0 Å². The van der Waals surface area contributed by atoms with E-state index in [1.165, 1.54) is 4.90 Å². The fourth-order valence-corrected chi connectivity index (χ4v) is 2.60. The number of carbonyl (C=O) groups excluding carboxylic acids is 2. The number of benzene rings is 2. The van der Waals surface area contributed by atoms with Crippen molar-refractivity contribution in [1.29, 1.82) is 5.26 Å². The van der Waals surface area contributed by atoms with Gasteiger partial charge in [0.1, 0.15) is 0 Å². The van der Waals surface area contributed by atoms with Gasteiger partial charge in [0.25, 0.3) is 11.8 Å². The quantitative estimate of drug-likeness (QED) is 0.632. The van der Waals surface area contributed by atoms with E-state index in [-0.39, 0.29) is 18.4 Å². The molecule has 0 saturated carbocycles. The highest BCUT2D eigenvalue weighted by atomic mass is 16.2. The Balaban J connectivity index is 2.10. The molecular weight excluding hydrogens is 252 g/mol. The molecule has 0 spiro atoms. The molecule has 3 rings (SSSR count). The van der Waals surface area contributed by atoms with E-state index in [4.69, 9.17) is 5.26 Å². The summed E-state index contributed by atoms with van der Waals surface area (Å²) in [5.41, 5.74) is 1.13. The lowest BCUT2D eigenvalue weighted by atomic mass is 9.94. The molecule has 4 heteroatoms. The van der Waals surface area contributed by atoms with Crippen LogP contribution in [-0.4, -0.2) is 23.3 Å².